The fraction of sp³-hybridized carbons (Fsp3) is 0.188. The number of ether oxygens (including phenoxy) is 2. The Balaban J connectivity index is 2.07. The third kappa shape index (κ3) is 3.75. The molecule has 0 fully saturated rings. The maximum atomic E-state index is 11.3. The summed E-state index contributed by atoms with van der Waals surface area (Å²) < 4.78 is 10.6. The molecule has 0 aliphatic rings. The molecule has 0 heterocycles. The fourth-order valence-corrected chi connectivity index (χ4v) is 1.83. The predicted octanol–water partition coefficient (Wildman–Crippen LogP) is 2.77. The van der Waals surface area contributed by atoms with Crippen molar-refractivity contribution in [1.29, 1.82) is 0 Å². The van der Waals surface area contributed by atoms with Crippen LogP contribution < -0.4 is 9.47 Å². The van der Waals surface area contributed by atoms with Gasteiger partial charge in [-0.1, -0.05) is 30.3 Å². The van der Waals surface area contributed by atoms with E-state index in [1.165, 1.54) is 0 Å². The van der Waals surface area contributed by atoms with Crippen LogP contribution in [0.3, 0.4) is 0 Å². The lowest BCUT2D eigenvalue weighted by Crippen LogP contribution is -2.29. The van der Waals surface area contributed by atoms with Gasteiger partial charge in [0.1, 0.15) is 11.5 Å². The topological polar surface area (TPSA) is 55.8 Å². The highest BCUT2D eigenvalue weighted by Gasteiger charge is 2.19. The molecule has 0 unspecified atom stereocenters. The zero-order valence-electron chi connectivity index (χ0n) is 11.2. The van der Waals surface area contributed by atoms with Gasteiger partial charge >= 0.3 is 5.97 Å². The van der Waals surface area contributed by atoms with Crippen LogP contribution in [0.15, 0.2) is 54.6 Å². The first-order valence-corrected chi connectivity index (χ1v) is 6.26. The average molecular weight is 272 g/mol. The lowest BCUT2D eigenvalue weighted by atomic mass is 10.1. The van der Waals surface area contributed by atoms with Crippen molar-refractivity contribution in [2.45, 2.75) is 12.5 Å². The third-order valence-corrected chi connectivity index (χ3v) is 2.88. The van der Waals surface area contributed by atoms with Crippen LogP contribution in [0.5, 0.6) is 11.5 Å². The Hall–Kier alpha value is -2.49. The van der Waals surface area contributed by atoms with E-state index in [4.69, 9.17) is 9.47 Å². The second-order valence-corrected chi connectivity index (χ2v) is 4.31. The Labute approximate surface area is 117 Å². The van der Waals surface area contributed by atoms with Crippen molar-refractivity contribution in [2.75, 3.05) is 7.11 Å². The second kappa shape index (κ2) is 6.61. The molecule has 4 nitrogen and oxygen atoms in total. The molecule has 0 spiro atoms. The average Bonchev–Trinajstić information content (AvgIpc) is 2.48. The molecule has 2 rings (SSSR count). The van der Waals surface area contributed by atoms with Gasteiger partial charge in [-0.05, 0) is 29.8 Å². The van der Waals surface area contributed by atoms with Gasteiger partial charge in [-0.15, -0.1) is 0 Å². The van der Waals surface area contributed by atoms with Crippen molar-refractivity contribution in [3.05, 3.63) is 60.2 Å². The van der Waals surface area contributed by atoms with Gasteiger partial charge in [0.25, 0.3) is 0 Å². The Morgan fingerprint density at radius 3 is 2.20 bits per heavy atom. The largest absolute Gasteiger partial charge is 0.497 e. The van der Waals surface area contributed by atoms with E-state index in [-0.39, 0.29) is 0 Å². The standard InChI is InChI=1S/C16H16O4/c1-19-13-7-9-14(10-8-13)20-15(16(17)18)11-12-5-3-2-4-6-12/h2-10,15H,11H2,1H3,(H,17,18)/t15-/m0/s1. The van der Waals surface area contributed by atoms with Crippen LogP contribution >= 0.6 is 0 Å². The van der Waals surface area contributed by atoms with Crippen LogP contribution in [-0.2, 0) is 11.2 Å². The van der Waals surface area contributed by atoms with Crippen molar-refractivity contribution >= 4 is 5.97 Å². The van der Waals surface area contributed by atoms with E-state index in [1.807, 2.05) is 30.3 Å². The molecular weight excluding hydrogens is 256 g/mol. The quantitative estimate of drug-likeness (QED) is 0.878. The summed E-state index contributed by atoms with van der Waals surface area (Å²) in [7, 11) is 1.57. The fourth-order valence-electron chi connectivity index (χ4n) is 1.83. The lowest BCUT2D eigenvalue weighted by molar-refractivity contribution is -0.145. The Morgan fingerprint density at radius 2 is 1.65 bits per heavy atom. The molecule has 2 aromatic carbocycles. The summed E-state index contributed by atoms with van der Waals surface area (Å²) in [4.78, 5) is 11.3. The maximum Gasteiger partial charge on any atom is 0.345 e. The van der Waals surface area contributed by atoms with Gasteiger partial charge in [-0.2, -0.15) is 0 Å². The van der Waals surface area contributed by atoms with E-state index in [1.54, 1.807) is 31.4 Å². The lowest BCUT2D eigenvalue weighted by Gasteiger charge is -2.15. The Bertz CT molecular complexity index is 548. The first-order valence-electron chi connectivity index (χ1n) is 6.26. The second-order valence-electron chi connectivity index (χ2n) is 4.31. The van der Waals surface area contributed by atoms with Crippen LogP contribution in [0.1, 0.15) is 5.56 Å². The van der Waals surface area contributed by atoms with E-state index in [9.17, 15) is 9.90 Å². The summed E-state index contributed by atoms with van der Waals surface area (Å²) in [6.45, 7) is 0. The summed E-state index contributed by atoms with van der Waals surface area (Å²) in [5.41, 5.74) is 0.924. The van der Waals surface area contributed by atoms with E-state index in [0.717, 1.165) is 5.56 Å². The molecule has 1 atom stereocenters. The van der Waals surface area contributed by atoms with Gasteiger partial charge in [0, 0.05) is 6.42 Å². The maximum absolute atomic E-state index is 11.3. The van der Waals surface area contributed by atoms with Gasteiger partial charge in [-0.3, -0.25) is 0 Å². The van der Waals surface area contributed by atoms with Crippen LogP contribution in [0.4, 0.5) is 0 Å². The minimum absolute atomic E-state index is 0.322. The van der Waals surface area contributed by atoms with Crippen LogP contribution in [0.2, 0.25) is 0 Å². The summed E-state index contributed by atoms with van der Waals surface area (Å²) in [6, 6.07) is 16.3. The van der Waals surface area contributed by atoms with Gasteiger partial charge in [0.15, 0.2) is 6.10 Å². The van der Waals surface area contributed by atoms with E-state index < -0.39 is 12.1 Å². The van der Waals surface area contributed by atoms with Gasteiger partial charge < -0.3 is 14.6 Å². The van der Waals surface area contributed by atoms with Gasteiger partial charge in [-0.25, -0.2) is 4.79 Å². The number of aliphatic carboxylic acids is 1. The highest BCUT2D eigenvalue weighted by atomic mass is 16.5. The molecule has 0 saturated carbocycles. The molecule has 104 valence electrons. The number of carboxylic acid groups (broad SMARTS) is 1. The van der Waals surface area contributed by atoms with E-state index in [2.05, 4.69) is 0 Å². The third-order valence-electron chi connectivity index (χ3n) is 2.88. The minimum atomic E-state index is -0.982. The molecule has 0 radical (unpaired) electrons. The summed E-state index contributed by atoms with van der Waals surface area (Å²) >= 11 is 0. The molecule has 2 aromatic rings. The summed E-state index contributed by atoms with van der Waals surface area (Å²) in [6.07, 6.45) is -0.590. The molecule has 1 N–H and O–H groups in total. The molecule has 0 aromatic heterocycles. The number of benzene rings is 2. The van der Waals surface area contributed by atoms with Crippen molar-refractivity contribution < 1.29 is 19.4 Å². The van der Waals surface area contributed by atoms with E-state index in [0.29, 0.717) is 17.9 Å². The number of carbonyl (C=O) groups is 1. The molecule has 0 bridgehead atoms. The van der Waals surface area contributed by atoms with Gasteiger partial charge in [0.05, 0.1) is 7.11 Å². The smallest absolute Gasteiger partial charge is 0.345 e. The predicted molar refractivity (Wildman–Crippen MR) is 75.2 cm³/mol. The zero-order chi connectivity index (χ0) is 14.4. The normalized spacial score (nSPS) is 11.7. The van der Waals surface area contributed by atoms with Crippen molar-refractivity contribution in [3.63, 3.8) is 0 Å². The van der Waals surface area contributed by atoms with Crippen molar-refractivity contribution in [1.82, 2.24) is 0 Å². The van der Waals surface area contributed by atoms with Crippen LogP contribution in [0, 0.1) is 0 Å². The molecule has 0 aliphatic carbocycles. The molecule has 0 amide bonds. The van der Waals surface area contributed by atoms with E-state index >= 15 is 0 Å². The first kappa shape index (κ1) is 13.9. The monoisotopic (exact) mass is 272 g/mol. The van der Waals surface area contributed by atoms with Crippen LogP contribution in [0.25, 0.3) is 0 Å². The Morgan fingerprint density at radius 1 is 1.05 bits per heavy atom. The number of hydrogen-bond donors (Lipinski definition) is 1. The first-order chi connectivity index (χ1) is 9.69. The molecule has 0 aliphatic heterocycles. The summed E-state index contributed by atoms with van der Waals surface area (Å²) in [5, 5.41) is 9.25. The number of methoxy groups -OCH3 is 1. The minimum Gasteiger partial charge on any atom is -0.497 e. The number of hydrogen-bond acceptors (Lipinski definition) is 3. The highest BCUT2D eigenvalue weighted by Crippen LogP contribution is 2.19. The zero-order valence-corrected chi connectivity index (χ0v) is 11.2. The number of rotatable bonds is 6. The van der Waals surface area contributed by atoms with Crippen molar-refractivity contribution in [2.24, 2.45) is 0 Å². The SMILES string of the molecule is COc1ccc(O[C@@H](Cc2ccccc2)C(=O)O)cc1. The summed E-state index contributed by atoms with van der Waals surface area (Å²) in [5.74, 6) is 0.228. The number of carboxylic acids is 1. The molecule has 4 heteroatoms. The molecular formula is C16H16O4. The van der Waals surface area contributed by atoms with Crippen molar-refractivity contribution in [3.8, 4) is 11.5 Å². The molecule has 20 heavy (non-hydrogen) atoms. The Kier molecular flexibility index (Phi) is 4.60. The molecule has 0 saturated heterocycles. The highest BCUT2D eigenvalue weighted by molar-refractivity contribution is 5.73. The van der Waals surface area contributed by atoms with Crippen LogP contribution in [-0.4, -0.2) is 24.3 Å². The van der Waals surface area contributed by atoms with Gasteiger partial charge in [0.2, 0.25) is 0 Å².